The summed E-state index contributed by atoms with van der Waals surface area (Å²) in [5.41, 5.74) is 0. The minimum atomic E-state index is 0.522. The van der Waals surface area contributed by atoms with Crippen LogP contribution in [0.1, 0.15) is 0 Å². The molecule has 1 rings (SSSR count). The zero-order valence-corrected chi connectivity index (χ0v) is 7.38. The van der Waals surface area contributed by atoms with Crippen molar-refractivity contribution >= 4 is 35.0 Å². The van der Waals surface area contributed by atoms with Gasteiger partial charge in [-0.15, -0.1) is 11.6 Å². The van der Waals surface area contributed by atoms with Gasteiger partial charge < -0.3 is 0 Å². The predicted molar refractivity (Wildman–Crippen MR) is 45.8 cm³/mol. The maximum absolute atomic E-state index is 5.61. The molecule has 0 saturated heterocycles. The van der Waals surface area contributed by atoms with Crippen molar-refractivity contribution in [3.8, 4) is 0 Å². The van der Waals surface area contributed by atoms with Gasteiger partial charge in [-0.05, 0) is 12.1 Å². The van der Waals surface area contributed by atoms with Crippen molar-refractivity contribution in [1.29, 1.82) is 0 Å². The number of alkyl halides is 1. The van der Waals surface area contributed by atoms with E-state index in [0.29, 0.717) is 10.2 Å². The second kappa shape index (κ2) is 4.06. The summed E-state index contributed by atoms with van der Waals surface area (Å²) in [6.07, 6.45) is 1.61. The Hall–Kier alpha value is 0.0800. The molecule has 0 aliphatic heterocycles. The molecule has 0 aliphatic carbocycles. The molecule has 0 N–H and O–H groups in total. The Labute approximate surface area is 73.7 Å². The topological polar surface area (TPSA) is 12.9 Å². The molecule has 0 atom stereocenters. The first kappa shape index (κ1) is 8.18. The van der Waals surface area contributed by atoms with Crippen LogP contribution in [0.3, 0.4) is 0 Å². The van der Waals surface area contributed by atoms with E-state index < -0.39 is 0 Å². The molecule has 0 fully saturated rings. The van der Waals surface area contributed by atoms with Gasteiger partial charge in [0.1, 0.15) is 0 Å². The highest BCUT2D eigenvalue weighted by molar-refractivity contribution is 8.00. The van der Waals surface area contributed by atoms with Gasteiger partial charge in [-0.1, -0.05) is 23.4 Å². The summed E-state index contributed by atoms with van der Waals surface area (Å²) in [4.78, 5) is 4.01. The summed E-state index contributed by atoms with van der Waals surface area (Å²) in [5, 5.41) is 2.08. The average Bonchev–Trinajstić information content (AvgIpc) is 1.95. The second-order valence-corrected chi connectivity index (χ2v) is 3.58. The zero-order valence-electron chi connectivity index (χ0n) is 5.05. The molecule has 0 bridgehead atoms. The van der Waals surface area contributed by atoms with Crippen molar-refractivity contribution in [3.63, 3.8) is 0 Å². The van der Waals surface area contributed by atoms with E-state index in [2.05, 4.69) is 4.98 Å². The number of hydrogen-bond acceptors (Lipinski definition) is 2. The molecule has 1 nitrogen and oxygen atoms in total. The fourth-order valence-corrected chi connectivity index (χ4v) is 1.35. The molecule has 54 valence electrons. The molecule has 4 heteroatoms. The monoisotopic (exact) mass is 193 g/mol. The Kier molecular flexibility index (Phi) is 3.32. The van der Waals surface area contributed by atoms with Crippen molar-refractivity contribution in [3.05, 3.63) is 23.4 Å². The third kappa shape index (κ3) is 2.37. The largest absolute Gasteiger partial charge is 0.248 e. The van der Waals surface area contributed by atoms with E-state index in [1.165, 1.54) is 11.8 Å². The van der Waals surface area contributed by atoms with Crippen LogP contribution >= 0.6 is 35.0 Å². The molecule has 0 spiro atoms. The summed E-state index contributed by atoms with van der Waals surface area (Å²) in [7, 11) is 0. The number of thioether (sulfide) groups is 1. The van der Waals surface area contributed by atoms with E-state index >= 15 is 0 Å². The number of halogens is 2. The highest BCUT2D eigenvalue weighted by Gasteiger charge is 1.92. The third-order valence-electron chi connectivity index (χ3n) is 0.903. The summed E-state index contributed by atoms with van der Waals surface area (Å²) < 4.78 is 0. The molecule has 0 radical (unpaired) electrons. The fourth-order valence-electron chi connectivity index (χ4n) is 0.504. The molecule has 0 aromatic carbocycles. The first-order valence-corrected chi connectivity index (χ1v) is 4.53. The number of nitrogens with zero attached hydrogens (tertiary/aromatic N) is 1. The van der Waals surface area contributed by atoms with Gasteiger partial charge >= 0.3 is 0 Å². The molecule has 1 aromatic rings. The molecular weight excluding hydrogens is 189 g/mol. The maximum atomic E-state index is 5.61. The Morgan fingerprint density at radius 1 is 1.50 bits per heavy atom. The van der Waals surface area contributed by atoms with Gasteiger partial charge in [-0.25, -0.2) is 4.98 Å². The van der Waals surface area contributed by atoms with Gasteiger partial charge in [0, 0.05) is 6.20 Å². The quantitative estimate of drug-likeness (QED) is 0.530. The molecule has 1 aromatic heterocycles. The number of rotatable bonds is 2. The van der Waals surface area contributed by atoms with Crippen molar-refractivity contribution in [1.82, 2.24) is 4.98 Å². The van der Waals surface area contributed by atoms with E-state index in [1.807, 2.05) is 6.07 Å². The Balaban J connectivity index is 2.69. The molecule has 0 amide bonds. The number of hydrogen-bond donors (Lipinski definition) is 0. The predicted octanol–water partition coefficient (Wildman–Crippen LogP) is 3.02. The van der Waals surface area contributed by atoms with Crippen LogP contribution in [0.5, 0.6) is 0 Å². The van der Waals surface area contributed by atoms with Gasteiger partial charge in [0.05, 0.1) is 15.3 Å². The van der Waals surface area contributed by atoms with E-state index in [1.54, 1.807) is 12.3 Å². The van der Waals surface area contributed by atoms with E-state index in [-0.39, 0.29) is 0 Å². The molecular formula is C6H5Cl2NS. The minimum Gasteiger partial charge on any atom is -0.248 e. The summed E-state index contributed by atoms with van der Waals surface area (Å²) in [6.45, 7) is 0. The van der Waals surface area contributed by atoms with Crippen molar-refractivity contribution in [2.45, 2.75) is 5.03 Å². The molecule has 1 heterocycles. The second-order valence-electron chi connectivity index (χ2n) is 1.57. The van der Waals surface area contributed by atoms with Gasteiger partial charge in [0.25, 0.3) is 0 Å². The molecule has 10 heavy (non-hydrogen) atoms. The molecule has 0 saturated carbocycles. The summed E-state index contributed by atoms with van der Waals surface area (Å²) >= 11 is 12.6. The lowest BCUT2D eigenvalue weighted by Crippen LogP contribution is -1.76. The smallest absolute Gasteiger partial charge is 0.0972 e. The van der Waals surface area contributed by atoms with Gasteiger partial charge in [-0.2, -0.15) is 0 Å². The lowest BCUT2D eigenvalue weighted by Gasteiger charge is -1.93. The summed E-state index contributed by atoms with van der Waals surface area (Å²) in [6, 6.07) is 3.64. The molecule has 0 unspecified atom stereocenters. The third-order valence-corrected chi connectivity index (χ3v) is 2.10. The highest BCUT2D eigenvalue weighted by atomic mass is 35.5. The van der Waals surface area contributed by atoms with Crippen LogP contribution in [0, 0.1) is 0 Å². The zero-order chi connectivity index (χ0) is 7.40. The number of aromatic nitrogens is 1. The van der Waals surface area contributed by atoms with Crippen LogP contribution in [-0.2, 0) is 0 Å². The first-order valence-electron chi connectivity index (χ1n) is 2.63. The van der Waals surface area contributed by atoms with E-state index in [9.17, 15) is 0 Å². The van der Waals surface area contributed by atoms with E-state index in [0.717, 1.165) is 5.03 Å². The normalized spacial score (nSPS) is 9.80. The van der Waals surface area contributed by atoms with Crippen LogP contribution in [-0.4, -0.2) is 10.2 Å². The lowest BCUT2D eigenvalue weighted by atomic mass is 10.5. The van der Waals surface area contributed by atoms with Gasteiger partial charge in [-0.3, -0.25) is 0 Å². The maximum Gasteiger partial charge on any atom is 0.0972 e. The van der Waals surface area contributed by atoms with Crippen molar-refractivity contribution in [2.24, 2.45) is 0 Å². The summed E-state index contributed by atoms with van der Waals surface area (Å²) in [5.74, 6) is 0. The highest BCUT2D eigenvalue weighted by Crippen LogP contribution is 2.17. The van der Waals surface area contributed by atoms with Crippen LogP contribution in [0.4, 0.5) is 0 Å². The molecule has 0 aliphatic rings. The van der Waals surface area contributed by atoms with Crippen molar-refractivity contribution < 1.29 is 0 Å². The standard InChI is InChI=1S/C6H5Cl2NS/c7-4-10-6-2-1-5(8)3-9-6/h1-3H,4H2. The Bertz CT molecular complexity index is 199. The lowest BCUT2D eigenvalue weighted by molar-refractivity contribution is 1.14. The SMILES string of the molecule is ClCSc1ccc(Cl)cn1. The Morgan fingerprint density at radius 3 is 2.80 bits per heavy atom. The number of pyridine rings is 1. The fraction of sp³-hybridized carbons (Fsp3) is 0.167. The Morgan fingerprint density at radius 2 is 2.30 bits per heavy atom. The van der Waals surface area contributed by atoms with Crippen LogP contribution < -0.4 is 0 Å². The van der Waals surface area contributed by atoms with Crippen LogP contribution in [0.25, 0.3) is 0 Å². The van der Waals surface area contributed by atoms with E-state index in [4.69, 9.17) is 23.2 Å². The minimum absolute atomic E-state index is 0.522. The van der Waals surface area contributed by atoms with Gasteiger partial charge in [0.15, 0.2) is 0 Å². The van der Waals surface area contributed by atoms with Crippen LogP contribution in [0.15, 0.2) is 23.4 Å². The average molecular weight is 194 g/mol. The van der Waals surface area contributed by atoms with Gasteiger partial charge in [0.2, 0.25) is 0 Å². The van der Waals surface area contributed by atoms with Crippen molar-refractivity contribution in [2.75, 3.05) is 5.21 Å². The van der Waals surface area contributed by atoms with Crippen LogP contribution in [0.2, 0.25) is 5.02 Å². The first-order chi connectivity index (χ1) is 4.83.